The molecule has 1 nitrogen and oxygen atoms in total. The first kappa shape index (κ1) is 16.0. The zero-order chi connectivity index (χ0) is 15.2. The van der Waals surface area contributed by atoms with Gasteiger partial charge in [-0.25, -0.2) is 4.39 Å². The van der Waals surface area contributed by atoms with E-state index >= 15 is 0 Å². The molecule has 0 fully saturated rings. The summed E-state index contributed by atoms with van der Waals surface area (Å²) in [7, 11) is 0. The number of aryl methyl sites for hydroxylation is 1. The van der Waals surface area contributed by atoms with Crippen molar-refractivity contribution in [2.24, 2.45) is 0 Å². The highest BCUT2D eigenvalue weighted by molar-refractivity contribution is 6.30. The van der Waals surface area contributed by atoms with E-state index in [1.807, 2.05) is 31.2 Å². The van der Waals surface area contributed by atoms with Crippen LogP contribution in [0.4, 0.5) is 4.39 Å². The second kappa shape index (κ2) is 7.58. The zero-order valence-electron chi connectivity index (χ0n) is 12.5. The van der Waals surface area contributed by atoms with Gasteiger partial charge in [-0.1, -0.05) is 36.7 Å². The summed E-state index contributed by atoms with van der Waals surface area (Å²) < 4.78 is 13.2. The van der Waals surface area contributed by atoms with Gasteiger partial charge in [0.15, 0.2) is 0 Å². The molecule has 0 spiro atoms. The summed E-state index contributed by atoms with van der Waals surface area (Å²) in [4.78, 5) is 0. The van der Waals surface area contributed by atoms with Gasteiger partial charge in [0.05, 0.1) is 0 Å². The molecular formula is C18H21ClFN. The molecule has 112 valence electrons. The van der Waals surface area contributed by atoms with Gasteiger partial charge in [-0.2, -0.15) is 0 Å². The fourth-order valence-corrected chi connectivity index (χ4v) is 2.82. The van der Waals surface area contributed by atoms with Crippen LogP contribution in [-0.4, -0.2) is 12.6 Å². The monoisotopic (exact) mass is 305 g/mol. The van der Waals surface area contributed by atoms with Crippen LogP contribution in [0, 0.1) is 12.7 Å². The third-order valence-electron chi connectivity index (χ3n) is 3.63. The topological polar surface area (TPSA) is 12.0 Å². The number of nitrogens with one attached hydrogen (secondary N) is 1. The molecule has 2 rings (SSSR count). The summed E-state index contributed by atoms with van der Waals surface area (Å²) in [6, 6.07) is 13.3. The number of hydrogen-bond donors (Lipinski definition) is 1. The minimum absolute atomic E-state index is 0.175. The molecule has 0 bridgehead atoms. The maximum atomic E-state index is 13.2. The molecule has 1 N–H and O–H groups in total. The van der Waals surface area contributed by atoms with Gasteiger partial charge in [0.25, 0.3) is 0 Å². The summed E-state index contributed by atoms with van der Waals surface area (Å²) in [5.41, 5.74) is 3.40. The molecule has 2 aromatic carbocycles. The van der Waals surface area contributed by atoms with Crippen LogP contribution in [0.1, 0.15) is 23.6 Å². The van der Waals surface area contributed by atoms with E-state index in [4.69, 9.17) is 11.6 Å². The SMILES string of the molecule is CCNC(Cc1cccc(Cl)c1)Cc1ccc(F)cc1C. The summed E-state index contributed by atoms with van der Waals surface area (Å²) in [5, 5.41) is 4.27. The largest absolute Gasteiger partial charge is 0.314 e. The van der Waals surface area contributed by atoms with Crippen molar-refractivity contribution in [3.63, 3.8) is 0 Å². The minimum atomic E-state index is -0.175. The molecule has 0 radical (unpaired) electrons. The second-order valence-electron chi connectivity index (χ2n) is 5.36. The second-order valence-corrected chi connectivity index (χ2v) is 5.80. The first-order valence-electron chi connectivity index (χ1n) is 7.31. The maximum Gasteiger partial charge on any atom is 0.123 e. The van der Waals surface area contributed by atoms with Crippen LogP contribution in [0.15, 0.2) is 42.5 Å². The molecule has 2 aromatic rings. The molecule has 1 atom stereocenters. The Morgan fingerprint density at radius 3 is 2.62 bits per heavy atom. The normalized spacial score (nSPS) is 12.4. The van der Waals surface area contributed by atoms with Crippen molar-refractivity contribution >= 4 is 11.6 Å². The molecule has 0 saturated carbocycles. The molecule has 1 unspecified atom stereocenters. The van der Waals surface area contributed by atoms with E-state index in [1.54, 1.807) is 6.07 Å². The molecule has 21 heavy (non-hydrogen) atoms. The zero-order valence-corrected chi connectivity index (χ0v) is 13.3. The Kier molecular flexibility index (Phi) is 5.77. The smallest absolute Gasteiger partial charge is 0.123 e. The standard InChI is InChI=1S/C18H21ClFN/c1-3-21-18(11-14-5-4-6-16(19)10-14)12-15-7-8-17(20)9-13(15)2/h4-10,18,21H,3,11-12H2,1-2H3. The molecule has 0 aliphatic heterocycles. The summed E-state index contributed by atoms with van der Waals surface area (Å²) in [5.74, 6) is -0.175. The minimum Gasteiger partial charge on any atom is -0.314 e. The van der Waals surface area contributed by atoms with E-state index in [0.717, 1.165) is 30.0 Å². The van der Waals surface area contributed by atoms with Gasteiger partial charge >= 0.3 is 0 Å². The first-order chi connectivity index (χ1) is 10.1. The van der Waals surface area contributed by atoms with Crippen LogP contribution in [0.2, 0.25) is 5.02 Å². The van der Waals surface area contributed by atoms with Crippen LogP contribution in [0.5, 0.6) is 0 Å². The number of rotatable bonds is 6. The Morgan fingerprint density at radius 2 is 1.95 bits per heavy atom. The van der Waals surface area contributed by atoms with Gasteiger partial charge in [0, 0.05) is 11.1 Å². The van der Waals surface area contributed by atoms with Crippen molar-refractivity contribution in [3.8, 4) is 0 Å². The number of halogens is 2. The van der Waals surface area contributed by atoms with E-state index in [9.17, 15) is 4.39 Å². The van der Waals surface area contributed by atoms with Crippen LogP contribution in [-0.2, 0) is 12.8 Å². The lowest BCUT2D eigenvalue weighted by Crippen LogP contribution is -2.33. The predicted molar refractivity (Wildman–Crippen MR) is 87.5 cm³/mol. The Balaban J connectivity index is 2.11. The van der Waals surface area contributed by atoms with Crippen molar-refractivity contribution < 1.29 is 4.39 Å². The molecular weight excluding hydrogens is 285 g/mol. The highest BCUT2D eigenvalue weighted by atomic mass is 35.5. The van der Waals surface area contributed by atoms with Crippen molar-refractivity contribution in [1.29, 1.82) is 0 Å². The van der Waals surface area contributed by atoms with E-state index in [0.29, 0.717) is 6.04 Å². The highest BCUT2D eigenvalue weighted by Gasteiger charge is 2.11. The van der Waals surface area contributed by atoms with Crippen molar-refractivity contribution in [3.05, 3.63) is 70.0 Å². The maximum absolute atomic E-state index is 13.2. The third kappa shape index (κ3) is 4.83. The third-order valence-corrected chi connectivity index (χ3v) is 3.87. The van der Waals surface area contributed by atoms with Crippen LogP contribution >= 0.6 is 11.6 Å². The molecule has 0 heterocycles. The predicted octanol–water partition coefficient (Wildman–Crippen LogP) is 4.55. The van der Waals surface area contributed by atoms with Gasteiger partial charge in [-0.15, -0.1) is 0 Å². The lowest BCUT2D eigenvalue weighted by Gasteiger charge is -2.19. The Labute approximate surface area is 131 Å². The average Bonchev–Trinajstić information content (AvgIpc) is 2.42. The molecule has 0 saturated heterocycles. The van der Waals surface area contributed by atoms with Gasteiger partial charge in [0.2, 0.25) is 0 Å². The molecule has 0 aliphatic rings. The molecule has 0 aromatic heterocycles. The quantitative estimate of drug-likeness (QED) is 0.825. The van der Waals surface area contributed by atoms with E-state index in [2.05, 4.69) is 18.3 Å². The fraction of sp³-hybridized carbons (Fsp3) is 0.333. The number of benzene rings is 2. The van der Waals surface area contributed by atoms with E-state index < -0.39 is 0 Å². The Hall–Kier alpha value is -1.38. The lowest BCUT2D eigenvalue weighted by atomic mass is 9.96. The van der Waals surface area contributed by atoms with Gasteiger partial charge in [-0.3, -0.25) is 0 Å². The molecule has 3 heteroatoms. The van der Waals surface area contributed by atoms with Crippen LogP contribution < -0.4 is 5.32 Å². The summed E-state index contributed by atoms with van der Waals surface area (Å²) >= 11 is 6.05. The van der Waals surface area contributed by atoms with Gasteiger partial charge in [0.1, 0.15) is 5.82 Å². The molecule has 0 aliphatic carbocycles. The van der Waals surface area contributed by atoms with Crippen molar-refractivity contribution in [2.45, 2.75) is 32.7 Å². The Bertz CT molecular complexity index is 598. The van der Waals surface area contributed by atoms with Gasteiger partial charge in [-0.05, 0) is 67.3 Å². The van der Waals surface area contributed by atoms with Crippen LogP contribution in [0.3, 0.4) is 0 Å². The number of hydrogen-bond acceptors (Lipinski definition) is 1. The van der Waals surface area contributed by atoms with Crippen molar-refractivity contribution in [1.82, 2.24) is 5.32 Å². The number of likely N-dealkylation sites (N-methyl/N-ethyl adjacent to an activating group) is 1. The fourth-order valence-electron chi connectivity index (χ4n) is 2.61. The van der Waals surface area contributed by atoms with Crippen molar-refractivity contribution in [2.75, 3.05) is 6.54 Å². The average molecular weight is 306 g/mol. The first-order valence-corrected chi connectivity index (χ1v) is 7.69. The highest BCUT2D eigenvalue weighted by Crippen LogP contribution is 2.16. The van der Waals surface area contributed by atoms with E-state index in [1.165, 1.54) is 17.2 Å². The Morgan fingerprint density at radius 1 is 1.14 bits per heavy atom. The van der Waals surface area contributed by atoms with Crippen LogP contribution in [0.25, 0.3) is 0 Å². The molecule has 0 amide bonds. The van der Waals surface area contributed by atoms with E-state index in [-0.39, 0.29) is 5.82 Å². The van der Waals surface area contributed by atoms with Gasteiger partial charge < -0.3 is 5.32 Å². The summed E-state index contributed by atoms with van der Waals surface area (Å²) in [6.45, 7) is 4.97. The lowest BCUT2D eigenvalue weighted by molar-refractivity contribution is 0.519. The summed E-state index contributed by atoms with van der Waals surface area (Å²) in [6.07, 6.45) is 1.79.